The fourth-order valence-electron chi connectivity index (χ4n) is 3.94. The Morgan fingerprint density at radius 1 is 1.00 bits per heavy atom. The van der Waals surface area contributed by atoms with Crippen LogP contribution >= 0.6 is 0 Å². The standard InChI is InChI=1S/C14H25N3O.C7H8O/c18-14(13-6-2-7-15-13)17-9-3-8-16(10-11-17)12-4-1-5-12;1-6-2-4-7(8)5-3-6/h12-13,15H,1-11H2;2-5,8H,1H3/t13-;/m1./s1. The second-order valence-corrected chi connectivity index (χ2v) is 7.78. The first-order valence-corrected chi connectivity index (χ1v) is 10.2. The molecule has 1 saturated carbocycles. The van der Waals surface area contributed by atoms with E-state index in [0.29, 0.717) is 11.7 Å². The van der Waals surface area contributed by atoms with E-state index >= 15 is 0 Å². The van der Waals surface area contributed by atoms with E-state index in [1.54, 1.807) is 12.1 Å². The smallest absolute Gasteiger partial charge is 0.239 e. The number of carbonyl (C=O) groups is 1. The Hall–Kier alpha value is -1.59. The Labute approximate surface area is 157 Å². The zero-order chi connectivity index (χ0) is 18.4. The lowest BCUT2D eigenvalue weighted by molar-refractivity contribution is -0.133. The summed E-state index contributed by atoms with van der Waals surface area (Å²) in [6.07, 6.45) is 7.47. The third-order valence-corrected chi connectivity index (χ3v) is 5.83. The van der Waals surface area contributed by atoms with Crippen molar-refractivity contribution in [1.29, 1.82) is 0 Å². The zero-order valence-electron chi connectivity index (χ0n) is 16.0. The summed E-state index contributed by atoms with van der Waals surface area (Å²) in [5, 5.41) is 12.1. The van der Waals surface area contributed by atoms with Gasteiger partial charge in [0.1, 0.15) is 5.75 Å². The number of amides is 1. The number of benzene rings is 1. The van der Waals surface area contributed by atoms with Gasteiger partial charge >= 0.3 is 0 Å². The molecular weight excluding hydrogens is 326 g/mol. The predicted octanol–water partition coefficient (Wildman–Crippen LogP) is 2.53. The molecule has 4 rings (SSSR count). The van der Waals surface area contributed by atoms with Gasteiger partial charge in [-0.2, -0.15) is 0 Å². The first-order chi connectivity index (χ1) is 12.6. The number of aromatic hydroxyl groups is 1. The van der Waals surface area contributed by atoms with Gasteiger partial charge in [-0.05, 0) is 57.7 Å². The highest BCUT2D eigenvalue weighted by molar-refractivity contribution is 5.82. The number of rotatable bonds is 2. The van der Waals surface area contributed by atoms with E-state index in [-0.39, 0.29) is 6.04 Å². The summed E-state index contributed by atoms with van der Waals surface area (Å²) in [7, 11) is 0. The second-order valence-electron chi connectivity index (χ2n) is 7.78. The Balaban J connectivity index is 0.000000206. The number of nitrogens with zero attached hydrogens (tertiary/aromatic N) is 2. The molecule has 2 heterocycles. The highest BCUT2D eigenvalue weighted by Gasteiger charge is 2.30. The Morgan fingerprint density at radius 2 is 1.77 bits per heavy atom. The maximum absolute atomic E-state index is 12.4. The molecule has 1 aliphatic carbocycles. The summed E-state index contributed by atoms with van der Waals surface area (Å²) >= 11 is 0. The first-order valence-electron chi connectivity index (χ1n) is 10.2. The van der Waals surface area contributed by atoms with Crippen molar-refractivity contribution in [3.05, 3.63) is 29.8 Å². The average molecular weight is 360 g/mol. The molecule has 3 aliphatic rings. The molecule has 1 atom stereocenters. The van der Waals surface area contributed by atoms with E-state index in [1.807, 2.05) is 19.1 Å². The molecule has 1 amide bonds. The van der Waals surface area contributed by atoms with Gasteiger partial charge < -0.3 is 15.3 Å². The molecule has 0 unspecified atom stereocenters. The van der Waals surface area contributed by atoms with Crippen LogP contribution in [0.2, 0.25) is 0 Å². The van der Waals surface area contributed by atoms with Gasteiger partial charge in [0.15, 0.2) is 0 Å². The van der Waals surface area contributed by atoms with Crippen LogP contribution in [0.4, 0.5) is 0 Å². The number of hydrogen-bond donors (Lipinski definition) is 2. The van der Waals surface area contributed by atoms with Crippen molar-refractivity contribution in [2.24, 2.45) is 0 Å². The van der Waals surface area contributed by atoms with Crippen LogP contribution in [0.1, 0.15) is 44.1 Å². The fraction of sp³-hybridized carbons (Fsp3) is 0.667. The summed E-state index contributed by atoms with van der Waals surface area (Å²) in [5.74, 6) is 0.679. The molecule has 0 aromatic heterocycles. The summed E-state index contributed by atoms with van der Waals surface area (Å²) in [5.41, 5.74) is 1.17. The minimum Gasteiger partial charge on any atom is -0.508 e. The molecule has 2 aliphatic heterocycles. The van der Waals surface area contributed by atoms with E-state index in [4.69, 9.17) is 5.11 Å². The lowest BCUT2D eigenvalue weighted by Crippen LogP contribution is -2.46. The summed E-state index contributed by atoms with van der Waals surface area (Å²) in [6, 6.07) is 8.03. The molecule has 144 valence electrons. The predicted molar refractivity (Wildman–Crippen MR) is 104 cm³/mol. The normalized spacial score (nSPS) is 24.3. The van der Waals surface area contributed by atoms with E-state index in [2.05, 4.69) is 15.1 Å². The van der Waals surface area contributed by atoms with Crippen molar-refractivity contribution >= 4 is 5.91 Å². The van der Waals surface area contributed by atoms with Crippen molar-refractivity contribution in [3.63, 3.8) is 0 Å². The molecular formula is C21H33N3O2. The Kier molecular flexibility index (Phi) is 6.92. The monoisotopic (exact) mass is 359 g/mol. The van der Waals surface area contributed by atoms with Gasteiger partial charge in [0.25, 0.3) is 0 Å². The molecule has 3 fully saturated rings. The minimum atomic E-state index is 0.111. The molecule has 26 heavy (non-hydrogen) atoms. The molecule has 5 heteroatoms. The van der Waals surface area contributed by atoms with Gasteiger partial charge in [-0.1, -0.05) is 24.1 Å². The van der Waals surface area contributed by atoms with Crippen LogP contribution in [0.25, 0.3) is 0 Å². The van der Waals surface area contributed by atoms with Crippen LogP contribution in [0.3, 0.4) is 0 Å². The molecule has 2 saturated heterocycles. The topological polar surface area (TPSA) is 55.8 Å². The SMILES string of the molecule is Cc1ccc(O)cc1.O=C([C@H]1CCCN1)N1CCCN(C2CCC2)CC1. The van der Waals surface area contributed by atoms with Crippen molar-refractivity contribution in [2.75, 3.05) is 32.7 Å². The van der Waals surface area contributed by atoms with Crippen LogP contribution in [0.15, 0.2) is 24.3 Å². The van der Waals surface area contributed by atoms with E-state index in [9.17, 15) is 4.79 Å². The van der Waals surface area contributed by atoms with E-state index in [1.165, 1.54) is 31.4 Å². The lowest BCUT2D eigenvalue weighted by Gasteiger charge is -2.36. The second kappa shape index (κ2) is 9.38. The Bertz CT molecular complexity index is 544. The summed E-state index contributed by atoms with van der Waals surface area (Å²) in [6.45, 7) is 7.17. The van der Waals surface area contributed by atoms with Gasteiger partial charge in [0, 0.05) is 32.2 Å². The van der Waals surface area contributed by atoms with Gasteiger partial charge in [-0.25, -0.2) is 0 Å². The van der Waals surface area contributed by atoms with Crippen molar-refractivity contribution < 1.29 is 9.90 Å². The number of hydrogen-bond acceptors (Lipinski definition) is 4. The van der Waals surface area contributed by atoms with Gasteiger partial charge in [0.2, 0.25) is 5.91 Å². The van der Waals surface area contributed by atoms with Gasteiger partial charge in [-0.3, -0.25) is 9.69 Å². The van der Waals surface area contributed by atoms with E-state index < -0.39 is 0 Å². The molecule has 1 aromatic carbocycles. The quantitative estimate of drug-likeness (QED) is 0.852. The van der Waals surface area contributed by atoms with Gasteiger partial charge in [-0.15, -0.1) is 0 Å². The Morgan fingerprint density at radius 3 is 2.35 bits per heavy atom. The molecule has 0 spiro atoms. The zero-order valence-corrected chi connectivity index (χ0v) is 16.0. The van der Waals surface area contributed by atoms with Crippen LogP contribution < -0.4 is 5.32 Å². The highest BCUT2D eigenvalue weighted by Crippen LogP contribution is 2.25. The fourth-order valence-corrected chi connectivity index (χ4v) is 3.94. The number of phenols is 1. The van der Waals surface area contributed by atoms with Crippen LogP contribution in [0, 0.1) is 6.92 Å². The van der Waals surface area contributed by atoms with Crippen LogP contribution in [-0.2, 0) is 4.79 Å². The number of phenolic OH excluding ortho intramolecular Hbond substituents is 1. The van der Waals surface area contributed by atoms with E-state index in [0.717, 1.165) is 51.5 Å². The molecule has 0 radical (unpaired) electrons. The number of aryl methyl sites for hydroxylation is 1. The third kappa shape index (κ3) is 5.21. The first kappa shape index (κ1) is 19.2. The maximum Gasteiger partial charge on any atom is 0.239 e. The molecule has 5 nitrogen and oxygen atoms in total. The molecule has 2 N–H and O–H groups in total. The highest BCUT2D eigenvalue weighted by atomic mass is 16.3. The van der Waals surface area contributed by atoms with Crippen molar-refractivity contribution in [3.8, 4) is 5.75 Å². The largest absolute Gasteiger partial charge is 0.508 e. The van der Waals surface area contributed by atoms with Crippen LogP contribution in [0.5, 0.6) is 5.75 Å². The number of carbonyl (C=O) groups excluding carboxylic acids is 1. The molecule has 1 aromatic rings. The van der Waals surface area contributed by atoms with Crippen molar-refractivity contribution in [1.82, 2.24) is 15.1 Å². The number of nitrogens with one attached hydrogen (secondary N) is 1. The summed E-state index contributed by atoms with van der Waals surface area (Å²) in [4.78, 5) is 17.1. The third-order valence-electron chi connectivity index (χ3n) is 5.83. The average Bonchev–Trinajstić information content (AvgIpc) is 3.03. The lowest BCUT2D eigenvalue weighted by atomic mass is 9.91. The van der Waals surface area contributed by atoms with Crippen LogP contribution in [-0.4, -0.2) is 65.6 Å². The van der Waals surface area contributed by atoms with Gasteiger partial charge in [0.05, 0.1) is 6.04 Å². The van der Waals surface area contributed by atoms with Crippen molar-refractivity contribution in [2.45, 2.75) is 57.5 Å². The molecule has 0 bridgehead atoms. The summed E-state index contributed by atoms with van der Waals surface area (Å²) < 4.78 is 0. The maximum atomic E-state index is 12.4. The minimum absolute atomic E-state index is 0.111.